The third kappa shape index (κ3) is 7.30. The van der Waals surface area contributed by atoms with Crippen molar-refractivity contribution in [2.24, 2.45) is 0 Å². The van der Waals surface area contributed by atoms with E-state index < -0.39 is 28.7 Å². The molecular formula is C27H40N4O4S. The van der Waals surface area contributed by atoms with Gasteiger partial charge < -0.3 is 10.2 Å². The molecule has 0 aromatic heterocycles. The SMILES string of the molecule is CC[C@H](C(=O)N[C@@H](C)CC)N(Cc1ccccc1)C(=O)CN(c1cc(C)ccc1C)S(=O)(=O)N(C)C. The van der Waals surface area contributed by atoms with Gasteiger partial charge in [0.05, 0.1) is 5.69 Å². The van der Waals surface area contributed by atoms with Gasteiger partial charge in [-0.15, -0.1) is 0 Å². The highest BCUT2D eigenvalue weighted by Crippen LogP contribution is 2.26. The van der Waals surface area contributed by atoms with E-state index in [0.29, 0.717) is 12.1 Å². The zero-order valence-electron chi connectivity index (χ0n) is 22.5. The van der Waals surface area contributed by atoms with Gasteiger partial charge in [0.1, 0.15) is 12.6 Å². The topological polar surface area (TPSA) is 90.0 Å². The number of carbonyl (C=O) groups excluding carboxylic acids is 2. The van der Waals surface area contributed by atoms with Crippen LogP contribution < -0.4 is 9.62 Å². The van der Waals surface area contributed by atoms with Gasteiger partial charge in [-0.3, -0.25) is 9.59 Å². The first-order valence-corrected chi connectivity index (χ1v) is 13.7. The van der Waals surface area contributed by atoms with Gasteiger partial charge in [0.2, 0.25) is 11.8 Å². The lowest BCUT2D eigenvalue weighted by Crippen LogP contribution is -2.54. The van der Waals surface area contributed by atoms with Crippen LogP contribution in [0.25, 0.3) is 0 Å². The first kappa shape index (κ1) is 29.3. The van der Waals surface area contributed by atoms with Crippen molar-refractivity contribution in [1.29, 1.82) is 0 Å². The molecule has 2 atom stereocenters. The second kappa shape index (κ2) is 12.9. The fraction of sp³-hybridized carbons (Fsp3) is 0.481. The number of nitrogens with zero attached hydrogens (tertiary/aromatic N) is 3. The van der Waals surface area contributed by atoms with E-state index in [1.54, 1.807) is 6.07 Å². The quantitative estimate of drug-likeness (QED) is 0.466. The molecule has 0 fully saturated rings. The molecule has 2 aromatic carbocycles. The highest BCUT2D eigenvalue weighted by Gasteiger charge is 2.34. The lowest BCUT2D eigenvalue weighted by Gasteiger charge is -2.34. The Hall–Kier alpha value is -2.91. The molecule has 0 saturated heterocycles. The summed E-state index contributed by atoms with van der Waals surface area (Å²) in [6, 6.07) is 14.1. The van der Waals surface area contributed by atoms with Gasteiger partial charge in [0, 0.05) is 26.7 Å². The summed E-state index contributed by atoms with van der Waals surface area (Å²) >= 11 is 0. The summed E-state index contributed by atoms with van der Waals surface area (Å²) in [5, 5.41) is 2.98. The van der Waals surface area contributed by atoms with Crippen LogP contribution in [0, 0.1) is 13.8 Å². The standard InChI is InChI=1S/C27H40N4O4S/c1-8-22(5)28-27(33)24(9-2)30(18-23-13-11-10-12-14-23)26(32)19-31(36(34,35)29(6)7)25-17-20(3)15-16-21(25)4/h10-17,22,24H,8-9,18-19H2,1-7H3,(H,28,33)/t22-,24+/m0/s1. The van der Waals surface area contributed by atoms with E-state index in [1.165, 1.54) is 19.0 Å². The van der Waals surface area contributed by atoms with Crippen molar-refractivity contribution in [2.75, 3.05) is 24.9 Å². The average molecular weight is 517 g/mol. The molecule has 2 aromatic rings. The molecule has 0 radical (unpaired) electrons. The molecule has 0 heterocycles. The summed E-state index contributed by atoms with van der Waals surface area (Å²) in [4.78, 5) is 28.6. The molecule has 36 heavy (non-hydrogen) atoms. The minimum atomic E-state index is -3.99. The van der Waals surface area contributed by atoms with Crippen molar-refractivity contribution in [2.45, 2.75) is 66.1 Å². The number of benzene rings is 2. The average Bonchev–Trinajstić information content (AvgIpc) is 2.84. The highest BCUT2D eigenvalue weighted by atomic mass is 32.2. The lowest BCUT2D eigenvalue weighted by atomic mass is 10.1. The molecule has 0 aliphatic rings. The largest absolute Gasteiger partial charge is 0.352 e. The van der Waals surface area contributed by atoms with Crippen LogP contribution in [0.3, 0.4) is 0 Å². The van der Waals surface area contributed by atoms with Crippen LogP contribution in [0.4, 0.5) is 5.69 Å². The van der Waals surface area contributed by atoms with Crippen molar-refractivity contribution in [3.63, 3.8) is 0 Å². The van der Waals surface area contributed by atoms with Crippen LogP contribution in [-0.2, 0) is 26.3 Å². The van der Waals surface area contributed by atoms with E-state index in [-0.39, 0.29) is 18.5 Å². The smallest absolute Gasteiger partial charge is 0.304 e. The maximum Gasteiger partial charge on any atom is 0.304 e. The predicted octanol–water partition coefficient (Wildman–Crippen LogP) is 3.64. The molecule has 0 bridgehead atoms. The number of hydrogen-bond acceptors (Lipinski definition) is 4. The second-order valence-electron chi connectivity index (χ2n) is 9.34. The summed E-state index contributed by atoms with van der Waals surface area (Å²) in [5.41, 5.74) is 2.90. The van der Waals surface area contributed by atoms with Crippen LogP contribution in [0.5, 0.6) is 0 Å². The Bertz CT molecular complexity index is 1140. The van der Waals surface area contributed by atoms with Gasteiger partial charge in [0.25, 0.3) is 0 Å². The molecular weight excluding hydrogens is 476 g/mol. The number of carbonyl (C=O) groups is 2. The fourth-order valence-corrected chi connectivity index (χ4v) is 4.94. The van der Waals surface area contributed by atoms with Crippen molar-refractivity contribution in [1.82, 2.24) is 14.5 Å². The Morgan fingerprint density at radius 2 is 1.61 bits per heavy atom. The Morgan fingerprint density at radius 1 is 0.972 bits per heavy atom. The van der Waals surface area contributed by atoms with Gasteiger partial charge in [0.15, 0.2) is 0 Å². The third-order valence-electron chi connectivity index (χ3n) is 6.23. The zero-order chi connectivity index (χ0) is 27.0. The Balaban J connectivity index is 2.53. The molecule has 0 aliphatic carbocycles. The van der Waals surface area contributed by atoms with E-state index in [9.17, 15) is 18.0 Å². The molecule has 0 unspecified atom stereocenters. The molecule has 2 amide bonds. The summed E-state index contributed by atoms with van der Waals surface area (Å²) in [6.45, 7) is 9.20. The third-order valence-corrected chi connectivity index (χ3v) is 8.04. The monoisotopic (exact) mass is 516 g/mol. The van der Waals surface area contributed by atoms with Gasteiger partial charge in [-0.05, 0) is 56.4 Å². The number of aryl methyl sites for hydroxylation is 2. The Labute approximate surface area is 216 Å². The fourth-order valence-electron chi connectivity index (χ4n) is 3.83. The molecule has 0 aliphatic heterocycles. The second-order valence-corrected chi connectivity index (χ2v) is 11.4. The van der Waals surface area contributed by atoms with E-state index in [4.69, 9.17) is 0 Å². The Kier molecular flexibility index (Phi) is 10.5. The zero-order valence-corrected chi connectivity index (χ0v) is 23.3. The van der Waals surface area contributed by atoms with Crippen LogP contribution >= 0.6 is 0 Å². The number of amides is 2. The van der Waals surface area contributed by atoms with Gasteiger partial charge in [-0.25, -0.2) is 4.31 Å². The van der Waals surface area contributed by atoms with E-state index in [1.807, 2.05) is 77.1 Å². The van der Waals surface area contributed by atoms with Crippen LogP contribution in [-0.4, -0.2) is 62.2 Å². The summed E-state index contributed by atoms with van der Waals surface area (Å²) in [7, 11) is -1.11. The van der Waals surface area contributed by atoms with E-state index in [0.717, 1.165) is 31.7 Å². The normalized spacial score (nSPS) is 13.2. The maximum absolute atomic E-state index is 13.9. The molecule has 0 saturated carbocycles. The van der Waals surface area contributed by atoms with Gasteiger partial charge >= 0.3 is 10.2 Å². The van der Waals surface area contributed by atoms with Crippen LogP contribution in [0.15, 0.2) is 48.5 Å². The molecule has 198 valence electrons. The number of nitrogens with one attached hydrogen (secondary N) is 1. The first-order chi connectivity index (χ1) is 16.9. The van der Waals surface area contributed by atoms with Gasteiger partial charge in [-0.2, -0.15) is 12.7 Å². The molecule has 0 spiro atoms. The minimum absolute atomic E-state index is 0.0409. The Morgan fingerprint density at radius 3 is 2.17 bits per heavy atom. The van der Waals surface area contributed by atoms with Crippen LogP contribution in [0.1, 0.15) is 50.3 Å². The summed E-state index contributed by atoms with van der Waals surface area (Å²) < 4.78 is 29.0. The number of anilines is 1. The molecule has 8 nitrogen and oxygen atoms in total. The highest BCUT2D eigenvalue weighted by molar-refractivity contribution is 7.90. The van der Waals surface area contributed by atoms with E-state index >= 15 is 0 Å². The number of rotatable bonds is 12. The van der Waals surface area contributed by atoms with E-state index in [2.05, 4.69) is 5.32 Å². The molecule has 9 heteroatoms. The minimum Gasteiger partial charge on any atom is -0.352 e. The number of hydrogen-bond donors (Lipinski definition) is 1. The predicted molar refractivity (Wildman–Crippen MR) is 145 cm³/mol. The molecule has 2 rings (SSSR count). The first-order valence-electron chi connectivity index (χ1n) is 12.3. The summed E-state index contributed by atoms with van der Waals surface area (Å²) in [5.74, 6) is -0.693. The maximum atomic E-state index is 13.9. The van der Waals surface area contributed by atoms with Gasteiger partial charge in [-0.1, -0.05) is 56.3 Å². The van der Waals surface area contributed by atoms with Crippen molar-refractivity contribution < 1.29 is 18.0 Å². The van der Waals surface area contributed by atoms with Crippen molar-refractivity contribution >= 4 is 27.7 Å². The molecule has 1 N–H and O–H groups in total. The van der Waals surface area contributed by atoms with Crippen LogP contribution in [0.2, 0.25) is 0 Å². The van der Waals surface area contributed by atoms with Crippen molar-refractivity contribution in [3.8, 4) is 0 Å². The lowest BCUT2D eigenvalue weighted by molar-refractivity contribution is -0.140. The summed E-state index contributed by atoms with van der Waals surface area (Å²) in [6.07, 6.45) is 1.15. The van der Waals surface area contributed by atoms with Crippen molar-refractivity contribution in [3.05, 3.63) is 65.2 Å².